The molecule has 0 saturated carbocycles. The van der Waals surface area contributed by atoms with Crippen molar-refractivity contribution in [3.8, 4) is 11.3 Å². The van der Waals surface area contributed by atoms with E-state index in [1.807, 2.05) is 0 Å². The lowest BCUT2D eigenvalue weighted by Crippen LogP contribution is -1.99. The molecule has 2 heterocycles. The summed E-state index contributed by atoms with van der Waals surface area (Å²) in [6.07, 6.45) is 2.36. The molecule has 2 aromatic rings. The molecule has 92 valence electrons. The fraction of sp³-hybridized carbons (Fsp3) is 0.0909. The van der Waals surface area contributed by atoms with Gasteiger partial charge in [0.2, 0.25) is 0 Å². The van der Waals surface area contributed by atoms with Gasteiger partial charge in [-0.2, -0.15) is 0 Å². The summed E-state index contributed by atoms with van der Waals surface area (Å²) in [5.41, 5.74) is 0.152. The van der Waals surface area contributed by atoms with E-state index in [1.54, 1.807) is 7.05 Å². The van der Waals surface area contributed by atoms with Gasteiger partial charge in [0, 0.05) is 24.9 Å². The van der Waals surface area contributed by atoms with Crippen molar-refractivity contribution in [2.24, 2.45) is 0 Å². The summed E-state index contributed by atoms with van der Waals surface area (Å²) in [5.74, 6) is -0.113. The quantitative estimate of drug-likeness (QED) is 0.665. The standard InChI is InChI=1S/C11H9FN4O2/c1-13-10-3-2-9(16(17)18)11(15-10)7-4-8(12)6-14-5-7/h2-6H,1H3,(H,13,15). The van der Waals surface area contributed by atoms with E-state index in [2.05, 4.69) is 15.3 Å². The Balaban J connectivity index is 2.63. The van der Waals surface area contributed by atoms with Gasteiger partial charge in [-0.25, -0.2) is 9.37 Å². The number of halogens is 1. The molecule has 2 rings (SSSR count). The molecule has 0 amide bonds. The molecule has 0 aliphatic carbocycles. The number of pyridine rings is 2. The summed E-state index contributed by atoms with van der Waals surface area (Å²) in [7, 11) is 1.64. The zero-order chi connectivity index (χ0) is 13.1. The van der Waals surface area contributed by atoms with Crippen LogP contribution in [0.25, 0.3) is 11.3 Å². The monoisotopic (exact) mass is 248 g/mol. The van der Waals surface area contributed by atoms with E-state index in [-0.39, 0.29) is 16.9 Å². The Bertz CT molecular complexity index is 603. The normalized spacial score (nSPS) is 10.1. The van der Waals surface area contributed by atoms with Gasteiger partial charge >= 0.3 is 0 Å². The van der Waals surface area contributed by atoms with Crippen molar-refractivity contribution >= 4 is 11.5 Å². The molecule has 2 aromatic heterocycles. The van der Waals surface area contributed by atoms with Crippen LogP contribution < -0.4 is 5.32 Å². The molecule has 0 aliphatic heterocycles. The molecule has 0 saturated heterocycles. The van der Waals surface area contributed by atoms with Gasteiger partial charge in [-0.3, -0.25) is 15.1 Å². The van der Waals surface area contributed by atoms with Crippen molar-refractivity contribution in [3.63, 3.8) is 0 Å². The van der Waals surface area contributed by atoms with Crippen LogP contribution >= 0.6 is 0 Å². The van der Waals surface area contributed by atoms with E-state index in [0.717, 1.165) is 12.3 Å². The maximum Gasteiger partial charge on any atom is 0.295 e. The van der Waals surface area contributed by atoms with E-state index in [0.29, 0.717) is 5.82 Å². The van der Waals surface area contributed by atoms with Gasteiger partial charge < -0.3 is 5.32 Å². The SMILES string of the molecule is CNc1ccc([N+](=O)[O-])c(-c2cncc(F)c2)n1. The first-order valence-corrected chi connectivity index (χ1v) is 5.06. The van der Waals surface area contributed by atoms with Gasteiger partial charge in [0.15, 0.2) is 5.69 Å². The first-order chi connectivity index (χ1) is 8.61. The number of hydrogen-bond acceptors (Lipinski definition) is 5. The molecule has 0 spiro atoms. The summed E-state index contributed by atoms with van der Waals surface area (Å²) in [4.78, 5) is 18.1. The average Bonchev–Trinajstić information content (AvgIpc) is 2.38. The molecular formula is C11H9FN4O2. The predicted molar refractivity (Wildman–Crippen MR) is 63.6 cm³/mol. The molecule has 0 fully saturated rings. The largest absolute Gasteiger partial charge is 0.373 e. The second-order valence-electron chi connectivity index (χ2n) is 3.46. The van der Waals surface area contributed by atoms with Crippen LogP contribution in [0.15, 0.2) is 30.6 Å². The molecule has 0 radical (unpaired) electrons. The van der Waals surface area contributed by atoms with Crippen LogP contribution in [0.2, 0.25) is 0 Å². The number of rotatable bonds is 3. The fourth-order valence-corrected chi connectivity index (χ4v) is 1.49. The van der Waals surface area contributed by atoms with Gasteiger partial charge in [-0.1, -0.05) is 0 Å². The van der Waals surface area contributed by atoms with E-state index in [4.69, 9.17) is 0 Å². The Morgan fingerprint density at radius 1 is 1.39 bits per heavy atom. The van der Waals surface area contributed by atoms with Gasteiger partial charge in [-0.15, -0.1) is 0 Å². The summed E-state index contributed by atoms with van der Waals surface area (Å²) in [5, 5.41) is 13.7. The van der Waals surface area contributed by atoms with Crippen LogP contribution in [0.1, 0.15) is 0 Å². The third-order valence-corrected chi connectivity index (χ3v) is 2.31. The lowest BCUT2D eigenvalue weighted by molar-refractivity contribution is -0.384. The average molecular weight is 248 g/mol. The second kappa shape index (κ2) is 4.74. The lowest BCUT2D eigenvalue weighted by atomic mass is 10.1. The zero-order valence-corrected chi connectivity index (χ0v) is 9.42. The van der Waals surface area contributed by atoms with Crippen molar-refractivity contribution in [3.05, 3.63) is 46.5 Å². The predicted octanol–water partition coefficient (Wildman–Crippen LogP) is 2.23. The topological polar surface area (TPSA) is 81.0 Å². The minimum atomic E-state index is -0.571. The van der Waals surface area contributed by atoms with Gasteiger partial charge in [-0.05, 0) is 12.1 Å². The third-order valence-electron chi connectivity index (χ3n) is 2.31. The number of nitro groups is 1. The van der Waals surface area contributed by atoms with Crippen LogP contribution in [0.5, 0.6) is 0 Å². The maximum atomic E-state index is 13.1. The van der Waals surface area contributed by atoms with Crippen molar-refractivity contribution < 1.29 is 9.31 Å². The van der Waals surface area contributed by atoms with E-state index >= 15 is 0 Å². The molecule has 1 N–H and O–H groups in total. The molecule has 7 heteroatoms. The van der Waals surface area contributed by atoms with Crippen LogP contribution in [-0.4, -0.2) is 21.9 Å². The minimum absolute atomic E-state index is 0.0823. The van der Waals surface area contributed by atoms with Gasteiger partial charge in [0.1, 0.15) is 11.6 Å². The second-order valence-corrected chi connectivity index (χ2v) is 3.46. The van der Waals surface area contributed by atoms with E-state index < -0.39 is 10.7 Å². The number of nitrogens with one attached hydrogen (secondary N) is 1. The minimum Gasteiger partial charge on any atom is -0.373 e. The Labute approximate surface area is 102 Å². The highest BCUT2D eigenvalue weighted by molar-refractivity contribution is 5.70. The molecule has 18 heavy (non-hydrogen) atoms. The first-order valence-electron chi connectivity index (χ1n) is 5.06. The highest BCUT2D eigenvalue weighted by Gasteiger charge is 2.18. The Morgan fingerprint density at radius 2 is 2.17 bits per heavy atom. The number of nitrogens with zero attached hydrogens (tertiary/aromatic N) is 3. The number of aromatic nitrogens is 2. The maximum absolute atomic E-state index is 13.1. The van der Waals surface area contributed by atoms with Crippen molar-refractivity contribution in [1.29, 1.82) is 0 Å². The first kappa shape index (κ1) is 11.9. The lowest BCUT2D eigenvalue weighted by Gasteiger charge is -2.05. The third kappa shape index (κ3) is 2.24. The molecule has 0 aliphatic rings. The Hall–Kier alpha value is -2.57. The smallest absolute Gasteiger partial charge is 0.295 e. The number of anilines is 1. The number of hydrogen-bond donors (Lipinski definition) is 1. The van der Waals surface area contributed by atoms with Crippen molar-refractivity contribution in [2.75, 3.05) is 12.4 Å². The van der Waals surface area contributed by atoms with Crippen LogP contribution in [0.4, 0.5) is 15.9 Å². The van der Waals surface area contributed by atoms with E-state index in [9.17, 15) is 14.5 Å². The summed E-state index contributed by atoms with van der Waals surface area (Å²) in [6, 6.07) is 3.95. The molecule has 0 unspecified atom stereocenters. The van der Waals surface area contributed by atoms with Crippen molar-refractivity contribution in [2.45, 2.75) is 0 Å². The Morgan fingerprint density at radius 3 is 2.78 bits per heavy atom. The summed E-state index contributed by atoms with van der Waals surface area (Å²) >= 11 is 0. The summed E-state index contributed by atoms with van der Waals surface area (Å²) in [6.45, 7) is 0. The van der Waals surface area contributed by atoms with E-state index in [1.165, 1.54) is 18.3 Å². The summed E-state index contributed by atoms with van der Waals surface area (Å²) < 4.78 is 13.1. The van der Waals surface area contributed by atoms with Crippen molar-refractivity contribution in [1.82, 2.24) is 9.97 Å². The van der Waals surface area contributed by atoms with Gasteiger partial charge in [0.25, 0.3) is 5.69 Å². The zero-order valence-electron chi connectivity index (χ0n) is 9.42. The highest BCUT2D eigenvalue weighted by atomic mass is 19.1. The molecule has 0 aromatic carbocycles. The van der Waals surface area contributed by atoms with Gasteiger partial charge in [0.05, 0.1) is 11.1 Å². The molecule has 0 atom stereocenters. The van der Waals surface area contributed by atoms with Crippen LogP contribution in [0.3, 0.4) is 0 Å². The van der Waals surface area contributed by atoms with Crippen LogP contribution in [0, 0.1) is 15.9 Å². The Kier molecular flexibility index (Phi) is 3.13. The molecule has 6 nitrogen and oxygen atoms in total. The highest BCUT2D eigenvalue weighted by Crippen LogP contribution is 2.28. The fourth-order valence-electron chi connectivity index (χ4n) is 1.49. The molecular weight excluding hydrogens is 239 g/mol. The molecule has 0 bridgehead atoms. The van der Waals surface area contributed by atoms with Crippen LogP contribution in [-0.2, 0) is 0 Å².